The minimum absolute atomic E-state index is 0.570. The van der Waals surface area contributed by atoms with Crippen LogP contribution in [0.3, 0.4) is 0 Å². The Morgan fingerprint density at radius 1 is 1.00 bits per heavy atom. The molecule has 2 fully saturated rings. The van der Waals surface area contributed by atoms with Crippen LogP contribution in [0.25, 0.3) is 11.0 Å². The summed E-state index contributed by atoms with van der Waals surface area (Å²) in [5.74, 6) is 1.38. The third kappa shape index (κ3) is 3.79. The van der Waals surface area contributed by atoms with Crippen LogP contribution < -0.4 is 10.2 Å². The number of hydrogen-bond acceptors (Lipinski definition) is 6. The van der Waals surface area contributed by atoms with Crippen molar-refractivity contribution in [1.29, 1.82) is 0 Å². The van der Waals surface area contributed by atoms with Crippen LogP contribution in [0.4, 0.5) is 17.5 Å². The van der Waals surface area contributed by atoms with Crippen LogP contribution in [0.1, 0.15) is 38.6 Å². The zero-order valence-corrected chi connectivity index (χ0v) is 17.1. The third-order valence-corrected chi connectivity index (χ3v) is 6.35. The number of fused-ring (bicyclic) bond motifs is 1. The van der Waals surface area contributed by atoms with Gasteiger partial charge in [-0.15, -0.1) is 0 Å². The molecule has 1 aliphatic carbocycles. The number of nitrogens with zero attached hydrogens (tertiary/aromatic N) is 6. The second-order valence-corrected chi connectivity index (χ2v) is 8.08. The maximum Gasteiger partial charge on any atom is 0.230 e. The van der Waals surface area contributed by atoms with E-state index in [9.17, 15) is 0 Å². The highest BCUT2D eigenvalue weighted by Crippen LogP contribution is 2.32. The number of likely N-dealkylation sites (N-methyl/N-ethyl adjacent to an activating group) is 1. The lowest BCUT2D eigenvalue weighted by Crippen LogP contribution is -2.46. The molecular formula is C22H29N7. The Hall–Kier alpha value is -2.67. The molecule has 1 N–H and O–H groups in total. The first-order valence-electron chi connectivity index (χ1n) is 10.8. The summed E-state index contributed by atoms with van der Waals surface area (Å²) in [5.41, 5.74) is 2.19. The Morgan fingerprint density at radius 2 is 1.83 bits per heavy atom. The van der Waals surface area contributed by atoms with Gasteiger partial charge in [-0.1, -0.05) is 19.8 Å². The molecule has 4 heterocycles. The van der Waals surface area contributed by atoms with Crippen molar-refractivity contribution in [3.8, 4) is 0 Å². The molecule has 152 valence electrons. The van der Waals surface area contributed by atoms with E-state index in [-0.39, 0.29) is 0 Å². The Bertz CT molecular complexity index is 951. The first kappa shape index (κ1) is 18.4. The first-order valence-corrected chi connectivity index (χ1v) is 10.8. The molecule has 5 rings (SSSR count). The van der Waals surface area contributed by atoms with Crippen LogP contribution in [-0.4, -0.2) is 57.1 Å². The number of piperazine rings is 1. The molecule has 1 saturated carbocycles. The fourth-order valence-corrected chi connectivity index (χ4v) is 4.56. The Balaban J connectivity index is 1.30. The lowest BCUT2D eigenvalue weighted by molar-refractivity contribution is 0.271. The van der Waals surface area contributed by atoms with Crippen molar-refractivity contribution in [3.05, 3.63) is 36.8 Å². The minimum Gasteiger partial charge on any atom is -0.368 e. The quantitative estimate of drug-likeness (QED) is 0.713. The van der Waals surface area contributed by atoms with E-state index in [4.69, 9.17) is 4.98 Å². The van der Waals surface area contributed by atoms with Crippen molar-refractivity contribution in [2.45, 2.75) is 38.6 Å². The van der Waals surface area contributed by atoms with Crippen molar-refractivity contribution in [2.75, 3.05) is 42.9 Å². The molecule has 0 aromatic carbocycles. The van der Waals surface area contributed by atoms with Gasteiger partial charge in [0.2, 0.25) is 5.95 Å². The zero-order chi connectivity index (χ0) is 19.6. The van der Waals surface area contributed by atoms with E-state index in [1.165, 1.54) is 31.4 Å². The van der Waals surface area contributed by atoms with Gasteiger partial charge in [-0.2, -0.15) is 4.98 Å². The normalized spacial score (nSPS) is 18.6. The van der Waals surface area contributed by atoms with Gasteiger partial charge in [0.05, 0.1) is 11.9 Å². The number of hydrogen-bond donors (Lipinski definition) is 1. The van der Waals surface area contributed by atoms with E-state index < -0.39 is 0 Å². The monoisotopic (exact) mass is 391 g/mol. The molecule has 0 bridgehead atoms. The lowest BCUT2D eigenvalue weighted by atomic mass is 10.2. The number of aromatic nitrogens is 4. The van der Waals surface area contributed by atoms with Gasteiger partial charge in [-0.3, -0.25) is 0 Å². The fraction of sp³-hybridized carbons (Fsp3) is 0.500. The Morgan fingerprint density at radius 3 is 2.55 bits per heavy atom. The summed E-state index contributed by atoms with van der Waals surface area (Å²) in [6, 6.07) is 6.84. The van der Waals surface area contributed by atoms with Crippen LogP contribution in [0.2, 0.25) is 0 Å². The van der Waals surface area contributed by atoms with E-state index >= 15 is 0 Å². The summed E-state index contributed by atoms with van der Waals surface area (Å²) in [7, 11) is 0. The van der Waals surface area contributed by atoms with Gasteiger partial charge in [0, 0.05) is 50.0 Å². The SMILES string of the molecule is CCN1CCN(c2ccc(Nc3ncc4ccn(C5CCCC5)c4n3)nc2)CC1. The first-order chi connectivity index (χ1) is 14.3. The van der Waals surface area contributed by atoms with Crippen molar-refractivity contribution >= 4 is 28.5 Å². The topological polar surface area (TPSA) is 62.1 Å². The Labute approximate surface area is 171 Å². The smallest absolute Gasteiger partial charge is 0.230 e. The highest BCUT2D eigenvalue weighted by molar-refractivity contribution is 5.77. The van der Waals surface area contributed by atoms with Gasteiger partial charge in [-0.25, -0.2) is 9.97 Å². The van der Waals surface area contributed by atoms with Gasteiger partial charge in [0.15, 0.2) is 0 Å². The maximum atomic E-state index is 4.79. The molecule has 0 amide bonds. The third-order valence-electron chi connectivity index (χ3n) is 6.35. The summed E-state index contributed by atoms with van der Waals surface area (Å²) in [5, 5.41) is 4.37. The van der Waals surface area contributed by atoms with Crippen molar-refractivity contribution in [3.63, 3.8) is 0 Å². The molecule has 3 aromatic heterocycles. The summed E-state index contributed by atoms with van der Waals surface area (Å²) in [4.78, 5) is 18.8. The molecule has 0 unspecified atom stereocenters. The summed E-state index contributed by atoms with van der Waals surface area (Å²) >= 11 is 0. The van der Waals surface area contributed by atoms with Crippen molar-refractivity contribution < 1.29 is 0 Å². The predicted octanol–water partition coefficient (Wildman–Crippen LogP) is 3.83. The summed E-state index contributed by atoms with van der Waals surface area (Å²) in [6.45, 7) is 7.70. The molecule has 0 atom stereocenters. The average Bonchev–Trinajstić information content (AvgIpc) is 3.44. The molecule has 7 heteroatoms. The van der Waals surface area contributed by atoms with Gasteiger partial charge < -0.3 is 19.7 Å². The number of anilines is 3. The molecule has 0 radical (unpaired) electrons. The van der Waals surface area contributed by atoms with Crippen molar-refractivity contribution in [2.24, 2.45) is 0 Å². The molecule has 2 aliphatic rings. The molecule has 1 aliphatic heterocycles. The average molecular weight is 392 g/mol. The molecule has 3 aromatic rings. The molecule has 1 saturated heterocycles. The van der Waals surface area contributed by atoms with E-state index in [1.54, 1.807) is 0 Å². The van der Waals surface area contributed by atoms with Crippen LogP contribution in [-0.2, 0) is 0 Å². The molecule has 0 spiro atoms. The highest BCUT2D eigenvalue weighted by Gasteiger charge is 2.19. The molecule has 7 nitrogen and oxygen atoms in total. The van der Waals surface area contributed by atoms with Crippen LogP contribution in [0, 0.1) is 0 Å². The minimum atomic E-state index is 0.570. The standard InChI is InChI=1S/C22H29N7/c1-2-27-11-13-28(14-12-27)19-7-8-20(23-16-19)25-22-24-15-17-9-10-29(21(17)26-22)18-5-3-4-6-18/h7-10,15-16,18H,2-6,11-14H2,1H3,(H,23,24,25,26). The zero-order valence-electron chi connectivity index (χ0n) is 17.1. The Kier molecular flexibility index (Phi) is 5.06. The number of nitrogens with one attached hydrogen (secondary N) is 1. The van der Waals surface area contributed by atoms with E-state index in [0.717, 1.165) is 49.6 Å². The van der Waals surface area contributed by atoms with E-state index in [2.05, 4.69) is 54.9 Å². The lowest BCUT2D eigenvalue weighted by Gasteiger charge is -2.35. The molecule has 29 heavy (non-hydrogen) atoms. The second kappa shape index (κ2) is 7.99. The maximum absolute atomic E-state index is 4.79. The summed E-state index contributed by atoms with van der Waals surface area (Å²) < 4.78 is 2.32. The van der Waals surface area contributed by atoms with E-state index in [1.807, 2.05) is 18.5 Å². The van der Waals surface area contributed by atoms with E-state index in [0.29, 0.717) is 12.0 Å². The van der Waals surface area contributed by atoms with Crippen LogP contribution in [0.5, 0.6) is 0 Å². The van der Waals surface area contributed by atoms with Crippen LogP contribution in [0.15, 0.2) is 36.8 Å². The van der Waals surface area contributed by atoms with Crippen LogP contribution >= 0.6 is 0 Å². The van der Waals surface area contributed by atoms with Gasteiger partial charge >= 0.3 is 0 Å². The summed E-state index contributed by atoms with van der Waals surface area (Å²) in [6.07, 6.45) is 11.1. The number of pyridine rings is 1. The highest BCUT2D eigenvalue weighted by atomic mass is 15.3. The van der Waals surface area contributed by atoms with Gasteiger partial charge in [-0.05, 0) is 37.6 Å². The fourth-order valence-electron chi connectivity index (χ4n) is 4.56. The second-order valence-electron chi connectivity index (χ2n) is 8.08. The predicted molar refractivity (Wildman–Crippen MR) is 117 cm³/mol. The van der Waals surface area contributed by atoms with Gasteiger partial charge in [0.1, 0.15) is 11.5 Å². The number of rotatable bonds is 5. The van der Waals surface area contributed by atoms with Crippen molar-refractivity contribution in [1.82, 2.24) is 24.4 Å². The largest absolute Gasteiger partial charge is 0.368 e. The molecular weight excluding hydrogens is 362 g/mol. The van der Waals surface area contributed by atoms with Gasteiger partial charge in [0.25, 0.3) is 0 Å².